The van der Waals surface area contributed by atoms with Crippen LogP contribution in [0.25, 0.3) is 33.2 Å². The predicted molar refractivity (Wildman–Crippen MR) is 163 cm³/mol. The van der Waals surface area contributed by atoms with Crippen molar-refractivity contribution in [3.05, 3.63) is 98.4 Å². The summed E-state index contributed by atoms with van der Waals surface area (Å²) in [5.41, 5.74) is 0.352. The van der Waals surface area contributed by atoms with Crippen molar-refractivity contribution in [2.45, 2.75) is 12.3 Å². The Kier molecular flexibility index (Phi) is 7.37. The minimum Gasteiger partial charge on any atom is -0.507 e. The third-order valence-electron chi connectivity index (χ3n) is 8.09. The highest BCUT2D eigenvalue weighted by atomic mass is 16.5. The number of phenols is 2. The molecule has 0 bridgehead atoms. The van der Waals surface area contributed by atoms with Crippen LogP contribution >= 0.6 is 0 Å². The van der Waals surface area contributed by atoms with E-state index in [1.807, 2.05) is 13.1 Å². The van der Waals surface area contributed by atoms with Crippen molar-refractivity contribution >= 4 is 27.8 Å². The van der Waals surface area contributed by atoms with Crippen LogP contribution in [0.4, 0.5) is 0 Å². The number of carbonyl (C=O) groups excluding carboxylic acids is 1. The predicted octanol–water partition coefficient (Wildman–Crippen LogP) is 4.02. The second-order valence-corrected chi connectivity index (χ2v) is 10.8. The van der Waals surface area contributed by atoms with Crippen LogP contribution in [0.3, 0.4) is 0 Å². The monoisotopic (exact) mass is 581 g/mol. The maximum Gasteiger partial charge on any atom is 0.252 e. The largest absolute Gasteiger partial charge is 0.507 e. The fraction of sp³-hybridized carbons (Fsp3) is 0.242. The summed E-state index contributed by atoms with van der Waals surface area (Å²) in [5.74, 6) is -1.32. The van der Waals surface area contributed by atoms with Crippen LogP contribution in [0.5, 0.6) is 17.2 Å². The fourth-order valence-corrected chi connectivity index (χ4v) is 5.72. The van der Waals surface area contributed by atoms with E-state index < -0.39 is 28.4 Å². The quantitative estimate of drug-likeness (QED) is 0.274. The van der Waals surface area contributed by atoms with Crippen LogP contribution in [-0.4, -0.2) is 71.2 Å². The van der Waals surface area contributed by atoms with Crippen molar-refractivity contribution in [2.75, 3.05) is 40.3 Å². The molecule has 1 aliphatic heterocycles. The van der Waals surface area contributed by atoms with Gasteiger partial charge < -0.3 is 34.2 Å². The Morgan fingerprint density at radius 2 is 1.72 bits per heavy atom. The SMILES string of the molecule is COc1ccc2[nH]c(=O)c(C(CC(=O)N3CCN(C)CC3)c3c(O)cc(O)c4c(=O)cc(-c5ccccc5)oc34)cc2c1. The number of piperazine rings is 1. The summed E-state index contributed by atoms with van der Waals surface area (Å²) >= 11 is 0. The molecular weight excluding hydrogens is 550 g/mol. The number of likely N-dealkylation sites (N-methyl/N-ethyl adjacent to an activating group) is 1. The number of fused-ring (bicyclic) bond motifs is 2. The van der Waals surface area contributed by atoms with E-state index in [1.54, 1.807) is 53.4 Å². The minimum absolute atomic E-state index is 0.0675. The van der Waals surface area contributed by atoms with E-state index >= 15 is 0 Å². The van der Waals surface area contributed by atoms with Crippen LogP contribution in [0.15, 0.2) is 80.7 Å². The van der Waals surface area contributed by atoms with Gasteiger partial charge in [-0.2, -0.15) is 0 Å². The minimum atomic E-state index is -1.02. The first-order valence-electron chi connectivity index (χ1n) is 14.0. The molecule has 5 aromatic rings. The lowest BCUT2D eigenvalue weighted by molar-refractivity contribution is -0.133. The Balaban J connectivity index is 1.60. The number of aromatic nitrogens is 1. The van der Waals surface area contributed by atoms with Gasteiger partial charge in [0.1, 0.15) is 34.0 Å². The third-order valence-corrected chi connectivity index (χ3v) is 8.09. The van der Waals surface area contributed by atoms with Gasteiger partial charge in [0, 0.05) is 78.2 Å². The van der Waals surface area contributed by atoms with Crippen molar-refractivity contribution in [3.8, 4) is 28.6 Å². The van der Waals surface area contributed by atoms with Gasteiger partial charge in [0.25, 0.3) is 5.56 Å². The van der Waals surface area contributed by atoms with Gasteiger partial charge in [0.2, 0.25) is 5.91 Å². The smallest absolute Gasteiger partial charge is 0.252 e. The molecular formula is C33H31N3O7. The Bertz CT molecular complexity index is 1960. The number of phenolic OH excluding ortho intramolecular Hbond substituents is 2. The van der Waals surface area contributed by atoms with Gasteiger partial charge in [0.05, 0.1) is 7.11 Å². The standard InChI is InChI=1S/C33H31N3O7/c1-35-10-12-36(13-11-35)29(40)16-22(23-15-20-14-21(42-2)8-9-24(20)34-33(23)41)30-25(37)17-26(38)31-27(39)18-28(43-32(30)31)19-6-4-3-5-7-19/h3-9,14-15,17-18,22,37-38H,10-13,16H2,1-2H3,(H,34,41). The van der Waals surface area contributed by atoms with Gasteiger partial charge in [-0.1, -0.05) is 30.3 Å². The highest BCUT2D eigenvalue weighted by molar-refractivity contribution is 5.91. The summed E-state index contributed by atoms with van der Waals surface area (Å²) in [5, 5.41) is 22.6. The highest BCUT2D eigenvalue weighted by Crippen LogP contribution is 2.43. The lowest BCUT2D eigenvalue weighted by Gasteiger charge is -2.33. The number of hydrogen-bond acceptors (Lipinski definition) is 8. The molecule has 10 nitrogen and oxygen atoms in total. The molecule has 2 aromatic heterocycles. The van der Waals surface area contributed by atoms with Gasteiger partial charge in [-0.15, -0.1) is 0 Å². The Hall–Kier alpha value is -5.09. The number of aromatic amines is 1. The molecule has 3 heterocycles. The molecule has 0 saturated carbocycles. The number of rotatable bonds is 6. The first kappa shape index (κ1) is 28.0. The highest BCUT2D eigenvalue weighted by Gasteiger charge is 2.32. The number of aromatic hydroxyl groups is 2. The van der Waals surface area contributed by atoms with E-state index in [9.17, 15) is 24.6 Å². The van der Waals surface area contributed by atoms with E-state index in [4.69, 9.17) is 9.15 Å². The lowest BCUT2D eigenvalue weighted by Crippen LogP contribution is -2.47. The molecule has 0 spiro atoms. The molecule has 0 aliphatic carbocycles. The van der Waals surface area contributed by atoms with Crippen molar-refractivity contribution in [1.29, 1.82) is 0 Å². The lowest BCUT2D eigenvalue weighted by atomic mass is 9.86. The zero-order valence-electron chi connectivity index (χ0n) is 23.8. The molecule has 1 atom stereocenters. The molecule has 3 N–H and O–H groups in total. The summed E-state index contributed by atoms with van der Waals surface area (Å²) in [6.45, 7) is 2.44. The number of benzene rings is 3. The average molecular weight is 582 g/mol. The molecule has 1 unspecified atom stereocenters. The summed E-state index contributed by atoms with van der Waals surface area (Å²) < 4.78 is 11.6. The normalized spacial score (nSPS) is 14.7. The Labute approximate surface area is 246 Å². The zero-order valence-corrected chi connectivity index (χ0v) is 23.8. The first-order valence-corrected chi connectivity index (χ1v) is 14.0. The molecule has 1 aliphatic rings. The summed E-state index contributed by atoms with van der Waals surface area (Å²) in [7, 11) is 3.53. The molecule has 6 rings (SSSR count). The number of pyridine rings is 1. The molecule has 220 valence electrons. The number of carbonyl (C=O) groups is 1. The first-order chi connectivity index (χ1) is 20.7. The van der Waals surface area contributed by atoms with Crippen LogP contribution in [0.2, 0.25) is 0 Å². The van der Waals surface area contributed by atoms with E-state index in [-0.39, 0.29) is 40.2 Å². The second-order valence-electron chi connectivity index (χ2n) is 10.8. The van der Waals surface area contributed by atoms with Crippen LogP contribution in [-0.2, 0) is 4.79 Å². The number of nitrogens with one attached hydrogen (secondary N) is 1. The molecule has 10 heteroatoms. The van der Waals surface area contributed by atoms with E-state index in [2.05, 4.69) is 9.88 Å². The Morgan fingerprint density at radius 1 is 0.977 bits per heavy atom. The number of methoxy groups -OCH3 is 1. The number of H-pyrrole nitrogens is 1. The molecule has 1 fully saturated rings. The number of hydrogen-bond donors (Lipinski definition) is 3. The van der Waals surface area contributed by atoms with E-state index in [0.717, 1.165) is 6.07 Å². The molecule has 3 aromatic carbocycles. The maximum absolute atomic E-state index is 13.8. The van der Waals surface area contributed by atoms with Gasteiger partial charge in [-0.25, -0.2) is 0 Å². The zero-order chi connectivity index (χ0) is 30.2. The number of nitrogens with zero attached hydrogens (tertiary/aromatic N) is 2. The molecule has 0 radical (unpaired) electrons. The summed E-state index contributed by atoms with van der Waals surface area (Å²) in [6.07, 6.45) is -0.186. The molecule has 1 amide bonds. The van der Waals surface area contributed by atoms with E-state index in [0.29, 0.717) is 48.4 Å². The second kappa shape index (κ2) is 11.3. The van der Waals surface area contributed by atoms with Crippen LogP contribution < -0.4 is 15.7 Å². The van der Waals surface area contributed by atoms with Gasteiger partial charge >= 0.3 is 0 Å². The van der Waals surface area contributed by atoms with Crippen molar-refractivity contribution in [2.24, 2.45) is 0 Å². The average Bonchev–Trinajstić information content (AvgIpc) is 3.00. The third kappa shape index (κ3) is 5.32. The van der Waals surface area contributed by atoms with Crippen LogP contribution in [0.1, 0.15) is 23.5 Å². The fourth-order valence-electron chi connectivity index (χ4n) is 5.72. The topological polar surface area (TPSA) is 136 Å². The van der Waals surface area contributed by atoms with Crippen LogP contribution in [0, 0.1) is 0 Å². The van der Waals surface area contributed by atoms with Gasteiger partial charge in [0.15, 0.2) is 5.43 Å². The number of ether oxygens (including phenoxy) is 1. The summed E-state index contributed by atoms with van der Waals surface area (Å²) in [6, 6.07) is 18.2. The molecule has 43 heavy (non-hydrogen) atoms. The van der Waals surface area contributed by atoms with Gasteiger partial charge in [-0.05, 0) is 31.3 Å². The maximum atomic E-state index is 13.8. The van der Waals surface area contributed by atoms with E-state index in [1.165, 1.54) is 13.2 Å². The number of amides is 1. The van der Waals surface area contributed by atoms with Crippen molar-refractivity contribution in [3.63, 3.8) is 0 Å². The van der Waals surface area contributed by atoms with Gasteiger partial charge in [-0.3, -0.25) is 14.4 Å². The summed E-state index contributed by atoms with van der Waals surface area (Å²) in [4.78, 5) is 47.5. The molecule has 1 saturated heterocycles. The van der Waals surface area contributed by atoms with Crippen molar-refractivity contribution < 1.29 is 24.2 Å². The Morgan fingerprint density at radius 3 is 2.44 bits per heavy atom. The van der Waals surface area contributed by atoms with Crippen molar-refractivity contribution in [1.82, 2.24) is 14.8 Å².